The number of aromatic nitrogens is 2. The van der Waals surface area contributed by atoms with Crippen molar-refractivity contribution in [2.24, 2.45) is 0 Å². The Morgan fingerprint density at radius 1 is 1.43 bits per heavy atom. The average molecular weight is 214 g/mol. The molecule has 2 rings (SSSR count). The Morgan fingerprint density at radius 3 is 2.86 bits per heavy atom. The van der Waals surface area contributed by atoms with E-state index in [1.165, 1.54) is 0 Å². The molecule has 0 N–H and O–H groups in total. The molecule has 14 heavy (non-hydrogen) atoms. The van der Waals surface area contributed by atoms with Crippen molar-refractivity contribution in [1.29, 1.82) is 0 Å². The lowest BCUT2D eigenvalue weighted by Crippen LogP contribution is -2.37. The SMILES string of the molecule is Cc1cnc(Cl)c(N2CCOCC2)n1. The van der Waals surface area contributed by atoms with E-state index < -0.39 is 0 Å². The van der Waals surface area contributed by atoms with E-state index >= 15 is 0 Å². The van der Waals surface area contributed by atoms with Crippen LogP contribution in [0.5, 0.6) is 0 Å². The van der Waals surface area contributed by atoms with E-state index in [0.29, 0.717) is 5.15 Å². The maximum atomic E-state index is 5.97. The molecule has 1 aliphatic heterocycles. The van der Waals surface area contributed by atoms with Gasteiger partial charge in [-0.25, -0.2) is 9.97 Å². The summed E-state index contributed by atoms with van der Waals surface area (Å²) in [6.07, 6.45) is 1.67. The maximum absolute atomic E-state index is 5.97. The second kappa shape index (κ2) is 4.11. The Balaban J connectivity index is 2.24. The average Bonchev–Trinajstić information content (AvgIpc) is 2.23. The first-order valence-corrected chi connectivity index (χ1v) is 4.97. The van der Waals surface area contributed by atoms with Crippen LogP contribution in [0.2, 0.25) is 5.15 Å². The van der Waals surface area contributed by atoms with Crippen LogP contribution in [0.1, 0.15) is 5.69 Å². The quantitative estimate of drug-likeness (QED) is 0.705. The first-order chi connectivity index (χ1) is 6.77. The predicted octanol–water partition coefficient (Wildman–Crippen LogP) is 1.28. The van der Waals surface area contributed by atoms with Crippen LogP contribution in [0, 0.1) is 6.92 Å². The van der Waals surface area contributed by atoms with Crippen LogP contribution < -0.4 is 4.90 Å². The number of aryl methyl sites for hydroxylation is 1. The van der Waals surface area contributed by atoms with E-state index in [4.69, 9.17) is 16.3 Å². The van der Waals surface area contributed by atoms with Crippen molar-refractivity contribution in [3.05, 3.63) is 17.0 Å². The highest BCUT2D eigenvalue weighted by Gasteiger charge is 2.16. The monoisotopic (exact) mass is 213 g/mol. The zero-order chi connectivity index (χ0) is 9.97. The van der Waals surface area contributed by atoms with Crippen molar-refractivity contribution in [2.45, 2.75) is 6.92 Å². The Labute approximate surface area is 87.9 Å². The van der Waals surface area contributed by atoms with Gasteiger partial charge in [-0.1, -0.05) is 11.6 Å². The van der Waals surface area contributed by atoms with Gasteiger partial charge in [0, 0.05) is 13.1 Å². The van der Waals surface area contributed by atoms with Crippen molar-refractivity contribution in [3.8, 4) is 0 Å². The largest absolute Gasteiger partial charge is 0.378 e. The summed E-state index contributed by atoms with van der Waals surface area (Å²) in [5.41, 5.74) is 0.885. The molecule has 1 saturated heterocycles. The number of hydrogen-bond donors (Lipinski definition) is 0. The van der Waals surface area contributed by atoms with Crippen molar-refractivity contribution in [2.75, 3.05) is 31.2 Å². The van der Waals surface area contributed by atoms with Crippen molar-refractivity contribution in [1.82, 2.24) is 9.97 Å². The molecule has 4 nitrogen and oxygen atoms in total. The van der Waals surface area contributed by atoms with Gasteiger partial charge in [-0.05, 0) is 6.92 Å². The van der Waals surface area contributed by atoms with Gasteiger partial charge in [0.25, 0.3) is 0 Å². The minimum atomic E-state index is 0.470. The normalized spacial score (nSPS) is 17.1. The van der Waals surface area contributed by atoms with Gasteiger partial charge >= 0.3 is 0 Å². The molecular weight excluding hydrogens is 202 g/mol. The summed E-state index contributed by atoms with van der Waals surface area (Å²) in [5.74, 6) is 0.773. The molecule has 0 unspecified atom stereocenters. The second-order valence-electron chi connectivity index (χ2n) is 3.23. The van der Waals surface area contributed by atoms with E-state index in [2.05, 4.69) is 14.9 Å². The van der Waals surface area contributed by atoms with Crippen molar-refractivity contribution < 1.29 is 4.74 Å². The molecular formula is C9H12ClN3O. The number of nitrogens with zero attached hydrogens (tertiary/aromatic N) is 3. The summed E-state index contributed by atoms with van der Waals surface area (Å²) >= 11 is 5.97. The van der Waals surface area contributed by atoms with Crippen LogP contribution in [-0.2, 0) is 4.74 Å². The van der Waals surface area contributed by atoms with Gasteiger partial charge in [-0.2, -0.15) is 0 Å². The molecule has 0 bridgehead atoms. The highest BCUT2D eigenvalue weighted by molar-refractivity contribution is 6.31. The van der Waals surface area contributed by atoms with Crippen molar-refractivity contribution in [3.63, 3.8) is 0 Å². The third kappa shape index (κ3) is 1.96. The molecule has 5 heteroatoms. The van der Waals surface area contributed by atoms with Gasteiger partial charge in [0.2, 0.25) is 0 Å². The van der Waals surface area contributed by atoms with Crippen molar-refractivity contribution >= 4 is 17.4 Å². The first kappa shape index (κ1) is 9.68. The Bertz CT molecular complexity index is 326. The van der Waals surface area contributed by atoms with Crippen LogP contribution >= 0.6 is 11.6 Å². The van der Waals surface area contributed by atoms with Gasteiger partial charge in [-0.15, -0.1) is 0 Å². The first-order valence-electron chi connectivity index (χ1n) is 4.59. The van der Waals surface area contributed by atoms with Crippen LogP contribution in [0.4, 0.5) is 5.82 Å². The summed E-state index contributed by atoms with van der Waals surface area (Å²) in [6, 6.07) is 0. The number of halogens is 1. The second-order valence-corrected chi connectivity index (χ2v) is 3.58. The number of hydrogen-bond acceptors (Lipinski definition) is 4. The zero-order valence-corrected chi connectivity index (χ0v) is 8.79. The molecule has 1 fully saturated rings. The molecule has 0 atom stereocenters. The summed E-state index contributed by atoms with van der Waals surface area (Å²) < 4.78 is 5.26. The molecule has 0 aliphatic carbocycles. The maximum Gasteiger partial charge on any atom is 0.171 e. The van der Waals surface area contributed by atoms with E-state index in [1.54, 1.807) is 6.20 Å². The van der Waals surface area contributed by atoms with Gasteiger partial charge in [0.15, 0.2) is 11.0 Å². The summed E-state index contributed by atoms with van der Waals surface area (Å²) in [7, 11) is 0. The fraction of sp³-hybridized carbons (Fsp3) is 0.556. The third-order valence-corrected chi connectivity index (χ3v) is 2.41. The number of morpholine rings is 1. The van der Waals surface area contributed by atoms with Gasteiger partial charge in [0.1, 0.15) is 0 Å². The molecule has 0 amide bonds. The lowest BCUT2D eigenvalue weighted by atomic mass is 10.4. The molecule has 0 spiro atoms. The summed E-state index contributed by atoms with van der Waals surface area (Å²) in [5, 5.41) is 0.470. The highest BCUT2D eigenvalue weighted by Crippen LogP contribution is 2.21. The highest BCUT2D eigenvalue weighted by atomic mass is 35.5. The summed E-state index contributed by atoms with van der Waals surface area (Å²) in [4.78, 5) is 10.5. The lowest BCUT2D eigenvalue weighted by Gasteiger charge is -2.28. The minimum Gasteiger partial charge on any atom is -0.378 e. The van der Waals surface area contributed by atoms with Crippen LogP contribution in [0.15, 0.2) is 6.20 Å². The van der Waals surface area contributed by atoms with Gasteiger partial charge in [0.05, 0.1) is 25.1 Å². The van der Waals surface area contributed by atoms with Crippen LogP contribution in [0.25, 0.3) is 0 Å². The van der Waals surface area contributed by atoms with E-state index in [1.807, 2.05) is 6.92 Å². The number of ether oxygens (including phenoxy) is 1. The molecule has 1 aromatic rings. The van der Waals surface area contributed by atoms with E-state index in [9.17, 15) is 0 Å². The van der Waals surface area contributed by atoms with E-state index in [-0.39, 0.29) is 0 Å². The molecule has 1 aromatic heterocycles. The topological polar surface area (TPSA) is 38.2 Å². The molecule has 0 saturated carbocycles. The fourth-order valence-corrected chi connectivity index (χ4v) is 1.64. The molecule has 1 aliphatic rings. The van der Waals surface area contributed by atoms with Crippen LogP contribution in [-0.4, -0.2) is 36.3 Å². The summed E-state index contributed by atoms with van der Waals surface area (Å²) in [6.45, 7) is 5.03. The lowest BCUT2D eigenvalue weighted by molar-refractivity contribution is 0.122. The van der Waals surface area contributed by atoms with Gasteiger partial charge in [-0.3, -0.25) is 0 Å². The van der Waals surface area contributed by atoms with Gasteiger partial charge < -0.3 is 9.64 Å². The fourth-order valence-electron chi connectivity index (χ4n) is 1.43. The Kier molecular flexibility index (Phi) is 2.84. The smallest absolute Gasteiger partial charge is 0.171 e. The molecule has 0 radical (unpaired) electrons. The molecule has 2 heterocycles. The zero-order valence-electron chi connectivity index (χ0n) is 8.03. The molecule has 76 valence electrons. The molecule has 0 aromatic carbocycles. The standard InChI is InChI=1S/C9H12ClN3O/c1-7-6-11-8(10)9(12-7)13-2-4-14-5-3-13/h6H,2-5H2,1H3. The minimum absolute atomic E-state index is 0.470. The number of anilines is 1. The Morgan fingerprint density at radius 2 is 2.14 bits per heavy atom. The third-order valence-electron chi connectivity index (χ3n) is 2.14. The van der Waals surface area contributed by atoms with E-state index in [0.717, 1.165) is 37.8 Å². The Hall–Kier alpha value is -0.870. The predicted molar refractivity (Wildman–Crippen MR) is 54.8 cm³/mol. The number of rotatable bonds is 1. The van der Waals surface area contributed by atoms with Crippen LogP contribution in [0.3, 0.4) is 0 Å².